The number of nitrogens with zero attached hydrogens (tertiary/aromatic N) is 2. The van der Waals surface area contributed by atoms with Gasteiger partial charge in [-0.2, -0.15) is 0 Å². The molecule has 0 aliphatic rings. The molecule has 1 aromatic carbocycles. The van der Waals surface area contributed by atoms with E-state index >= 15 is 0 Å². The summed E-state index contributed by atoms with van der Waals surface area (Å²) >= 11 is 0. The van der Waals surface area contributed by atoms with Crippen LogP contribution in [0.5, 0.6) is 0 Å². The smallest absolute Gasteiger partial charge is 0.243 e. The predicted octanol–water partition coefficient (Wildman–Crippen LogP) is 4.20. The molecule has 30 heavy (non-hydrogen) atoms. The lowest BCUT2D eigenvalue weighted by Gasteiger charge is -2.07. The zero-order valence-corrected chi connectivity index (χ0v) is 17.2. The maximum Gasteiger partial charge on any atom is 0.243 e. The quantitative estimate of drug-likeness (QED) is 0.185. The highest BCUT2D eigenvalue weighted by Crippen LogP contribution is 2.22. The Bertz CT molecular complexity index is 795. The lowest BCUT2D eigenvalue weighted by atomic mass is 10.1. The van der Waals surface area contributed by atoms with Crippen LogP contribution in [0.25, 0.3) is 0 Å². The molecule has 0 fully saturated rings. The number of halogens is 5. The summed E-state index contributed by atoms with van der Waals surface area (Å²) in [5, 5.41) is 10.0. The summed E-state index contributed by atoms with van der Waals surface area (Å²) < 4.78 is 66.3. The number of carboxylic acids is 1. The molecule has 0 spiro atoms. The van der Waals surface area contributed by atoms with Crippen LogP contribution in [-0.2, 0) is 13.6 Å². The SMILES string of the molecule is CCCCCCCCCCn1cc[n+](C)c1.O=C([O-])c1c(F)c(F)c(F)c(F)c1F. The summed E-state index contributed by atoms with van der Waals surface area (Å²) in [5.74, 6) is -14.4. The van der Waals surface area contributed by atoms with Gasteiger partial charge in [-0.25, -0.2) is 31.1 Å². The largest absolute Gasteiger partial charge is 0.545 e. The first-order valence-corrected chi connectivity index (χ1v) is 9.94. The number of hydrogen-bond donors (Lipinski definition) is 0. The number of benzene rings is 1. The normalized spacial score (nSPS) is 10.6. The molecule has 0 bridgehead atoms. The molecule has 0 amide bonds. The maximum atomic E-state index is 12.5. The van der Waals surface area contributed by atoms with Gasteiger partial charge in [0.25, 0.3) is 0 Å². The average molecular weight is 434 g/mol. The van der Waals surface area contributed by atoms with Crippen LogP contribution < -0.4 is 9.67 Å². The number of carbonyl (C=O) groups is 1. The van der Waals surface area contributed by atoms with E-state index in [9.17, 15) is 31.9 Å². The second kappa shape index (κ2) is 13.0. The first kappa shape index (κ1) is 25.6. The topological polar surface area (TPSA) is 48.9 Å². The van der Waals surface area contributed by atoms with Crippen LogP contribution in [0.4, 0.5) is 22.0 Å². The Hall–Kier alpha value is -2.45. The molecule has 1 heterocycles. The van der Waals surface area contributed by atoms with Crippen molar-refractivity contribution in [2.24, 2.45) is 7.05 Å². The fourth-order valence-electron chi connectivity index (χ4n) is 2.85. The second-order valence-corrected chi connectivity index (χ2v) is 7.02. The fraction of sp³-hybridized carbons (Fsp3) is 0.524. The zero-order chi connectivity index (χ0) is 22.7. The van der Waals surface area contributed by atoms with Crippen LogP contribution in [0.15, 0.2) is 18.7 Å². The van der Waals surface area contributed by atoms with E-state index in [1.807, 2.05) is 0 Å². The molecule has 0 unspecified atom stereocenters. The zero-order valence-electron chi connectivity index (χ0n) is 17.2. The van der Waals surface area contributed by atoms with Crippen molar-refractivity contribution in [3.63, 3.8) is 0 Å². The van der Waals surface area contributed by atoms with Crippen LogP contribution in [-0.4, -0.2) is 10.5 Å². The minimum atomic E-state index is -2.47. The molecule has 168 valence electrons. The molecular weight excluding hydrogens is 407 g/mol. The van der Waals surface area contributed by atoms with Crippen LogP contribution >= 0.6 is 0 Å². The van der Waals surface area contributed by atoms with E-state index in [1.54, 1.807) is 0 Å². The van der Waals surface area contributed by atoms with Gasteiger partial charge < -0.3 is 9.90 Å². The van der Waals surface area contributed by atoms with Crippen molar-refractivity contribution in [1.82, 2.24) is 4.57 Å². The van der Waals surface area contributed by atoms with Crippen molar-refractivity contribution in [2.45, 2.75) is 64.8 Å². The van der Waals surface area contributed by atoms with Crippen LogP contribution in [0.1, 0.15) is 68.6 Å². The monoisotopic (exact) mass is 434 g/mol. The summed E-state index contributed by atoms with van der Waals surface area (Å²) in [7, 11) is 2.07. The van der Waals surface area contributed by atoms with Crippen LogP contribution in [0, 0.1) is 29.1 Å². The lowest BCUT2D eigenvalue weighted by Crippen LogP contribution is -2.26. The van der Waals surface area contributed by atoms with Gasteiger partial charge >= 0.3 is 0 Å². The summed E-state index contributed by atoms with van der Waals surface area (Å²) in [6, 6.07) is 0. The van der Waals surface area contributed by atoms with E-state index in [0.29, 0.717) is 0 Å². The summed E-state index contributed by atoms with van der Waals surface area (Å²) in [5.41, 5.74) is -1.97. The molecule has 1 aromatic heterocycles. The van der Waals surface area contributed by atoms with Gasteiger partial charge in [-0.3, -0.25) is 0 Å². The number of aromatic nitrogens is 2. The van der Waals surface area contributed by atoms with Gasteiger partial charge in [-0.05, 0) is 12.8 Å². The molecule has 2 aromatic rings. The number of carbonyl (C=O) groups excluding carboxylic acids is 1. The number of aryl methyl sites for hydroxylation is 2. The van der Waals surface area contributed by atoms with E-state index in [-0.39, 0.29) is 0 Å². The standard InChI is InChI=1S/C14H27N2.C7HF5O2/c1-3-4-5-6-7-8-9-10-11-16-13-12-15(2)14-16;8-2-1(7(13)14)3(9)5(11)6(12)4(2)10/h12-14H,3-11H2,1-2H3;(H,13,14)/q+1;/p-1. The Labute approximate surface area is 173 Å². The number of imidazole rings is 1. The third kappa shape index (κ3) is 7.76. The van der Waals surface area contributed by atoms with Crippen LogP contribution in [0.2, 0.25) is 0 Å². The van der Waals surface area contributed by atoms with E-state index in [4.69, 9.17) is 0 Å². The molecule has 2 rings (SSSR count). The van der Waals surface area contributed by atoms with Crippen molar-refractivity contribution < 1.29 is 36.4 Å². The first-order chi connectivity index (χ1) is 14.2. The highest BCUT2D eigenvalue weighted by atomic mass is 19.2. The lowest BCUT2D eigenvalue weighted by molar-refractivity contribution is -0.671. The molecule has 0 atom stereocenters. The Kier molecular flexibility index (Phi) is 11.1. The Morgan fingerprint density at radius 2 is 1.33 bits per heavy atom. The number of aromatic carboxylic acids is 1. The number of hydrogen-bond acceptors (Lipinski definition) is 2. The van der Waals surface area contributed by atoms with Gasteiger partial charge in [0.1, 0.15) is 12.4 Å². The molecule has 4 nitrogen and oxygen atoms in total. The van der Waals surface area contributed by atoms with Gasteiger partial charge in [0.05, 0.1) is 25.1 Å². The third-order valence-electron chi connectivity index (χ3n) is 4.51. The highest BCUT2D eigenvalue weighted by Gasteiger charge is 2.25. The number of unbranched alkanes of at least 4 members (excludes halogenated alkanes) is 7. The van der Waals surface area contributed by atoms with Crippen molar-refractivity contribution in [3.8, 4) is 0 Å². The number of carboxylic acid groups (broad SMARTS) is 1. The number of rotatable bonds is 10. The van der Waals surface area contributed by atoms with Gasteiger partial charge in [0.2, 0.25) is 12.1 Å². The van der Waals surface area contributed by atoms with Gasteiger partial charge in [-0.1, -0.05) is 45.4 Å². The predicted molar refractivity (Wildman–Crippen MR) is 98.8 cm³/mol. The molecule has 9 heteroatoms. The minimum Gasteiger partial charge on any atom is -0.545 e. The van der Waals surface area contributed by atoms with Gasteiger partial charge in [-0.15, -0.1) is 0 Å². The van der Waals surface area contributed by atoms with Gasteiger partial charge in [0, 0.05) is 0 Å². The summed E-state index contributed by atoms with van der Waals surface area (Å²) in [4.78, 5) is 10.0. The fourth-order valence-corrected chi connectivity index (χ4v) is 2.85. The van der Waals surface area contributed by atoms with Crippen molar-refractivity contribution >= 4 is 5.97 Å². The van der Waals surface area contributed by atoms with Crippen molar-refractivity contribution in [3.05, 3.63) is 53.4 Å². The minimum absolute atomic E-state index is 1.18. The van der Waals surface area contributed by atoms with Crippen molar-refractivity contribution in [1.29, 1.82) is 0 Å². The molecular formula is C21H27F5N2O2. The molecule has 0 aliphatic heterocycles. The molecule has 0 aliphatic carbocycles. The van der Waals surface area contributed by atoms with Crippen LogP contribution in [0.3, 0.4) is 0 Å². The highest BCUT2D eigenvalue weighted by molar-refractivity contribution is 5.86. The van der Waals surface area contributed by atoms with Gasteiger partial charge in [0.15, 0.2) is 23.3 Å². The average Bonchev–Trinajstić information content (AvgIpc) is 3.12. The first-order valence-electron chi connectivity index (χ1n) is 9.94. The van der Waals surface area contributed by atoms with E-state index < -0.39 is 40.6 Å². The molecule has 0 radical (unpaired) electrons. The Morgan fingerprint density at radius 1 is 0.867 bits per heavy atom. The van der Waals surface area contributed by atoms with E-state index in [1.165, 1.54) is 57.9 Å². The molecule has 0 saturated carbocycles. The Morgan fingerprint density at radius 3 is 1.77 bits per heavy atom. The Balaban J connectivity index is 0.000000303. The summed E-state index contributed by atoms with van der Waals surface area (Å²) in [6.45, 7) is 3.45. The molecule has 0 saturated heterocycles. The van der Waals surface area contributed by atoms with E-state index in [0.717, 1.165) is 0 Å². The maximum absolute atomic E-state index is 12.5. The summed E-state index contributed by atoms with van der Waals surface area (Å²) in [6.07, 6.45) is 17.6. The second-order valence-electron chi connectivity index (χ2n) is 7.02. The third-order valence-corrected chi connectivity index (χ3v) is 4.51. The van der Waals surface area contributed by atoms with E-state index in [2.05, 4.69) is 41.8 Å². The molecule has 0 N–H and O–H groups in total. The van der Waals surface area contributed by atoms with Crippen molar-refractivity contribution in [2.75, 3.05) is 0 Å².